The number of benzene rings is 2. The number of nitrogens with zero attached hydrogens (tertiary/aromatic N) is 1. The van der Waals surface area contributed by atoms with Crippen LogP contribution in [0.4, 0.5) is 10.1 Å². The van der Waals surface area contributed by atoms with Crippen molar-refractivity contribution < 1.29 is 35.5 Å². The van der Waals surface area contributed by atoms with Crippen LogP contribution in [0.15, 0.2) is 40.8 Å². The number of carbonyl (C=O) groups is 1. The van der Waals surface area contributed by atoms with Gasteiger partial charge < -0.3 is 13.7 Å². The molecule has 8 nitrogen and oxygen atoms in total. The zero-order valence-corrected chi connectivity index (χ0v) is 19.5. The lowest BCUT2D eigenvalue weighted by atomic mass is 10.0. The second-order valence-corrected chi connectivity index (χ2v) is 10.9. The molecule has 0 aliphatic heterocycles. The number of furan rings is 1. The molecule has 33 heavy (non-hydrogen) atoms. The zero-order chi connectivity index (χ0) is 23.9. The molecule has 0 spiro atoms. The molecule has 0 amide bonds. The van der Waals surface area contributed by atoms with E-state index in [0.29, 0.717) is 16.5 Å². The Morgan fingerprint density at radius 2 is 1.94 bits per heavy atom. The third kappa shape index (κ3) is 4.94. The Labute approximate surface area is 192 Å². The van der Waals surface area contributed by atoms with Gasteiger partial charge in [-0.05, 0) is 61.6 Å². The molecule has 1 saturated carbocycles. The standard InChI is InChI=1S/C22H22FNO7S2/c1-3-30-22(25)20-17-10-16(13-4-5-13)18(24(32(26)27)12-33(2,28)29)11-19(17)31-21(20)14-6-8-15(23)9-7-14/h6-11,13H,3-5,12H2,1-2H3,(H,26,27)/p-1. The molecule has 0 saturated heterocycles. The average molecular weight is 495 g/mol. The Bertz CT molecular complexity index is 1350. The molecule has 4 rings (SSSR count). The molecule has 3 aromatic rings. The first-order valence-corrected chi connectivity index (χ1v) is 13.3. The summed E-state index contributed by atoms with van der Waals surface area (Å²) in [5.74, 6) is -1.65. The highest BCUT2D eigenvalue weighted by Gasteiger charge is 2.32. The summed E-state index contributed by atoms with van der Waals surface area (Å²) in [7, 11) is -3.67. The summed E-state index contributed by atoms with van der Waals surface area (Å²) in [4.78, 5) is 12.8. The molecule has 2 aromatic carbocycles. The molecule has 1 aliphatic rings. The predicted molar refractivity (Wildman–Crippen MR) is 121 cm³/mol. The molecule has 1 aliphatic carbocycles. The minimum absolute atomic E-state index is 0.0224. The van der Waals surface area contributed by atoms with Gasteiger partial charge in [-0.25, -0.2) is 17.6 Å². The van der Waals surface area contributed by atoms with Crippen molar-refractivity contribution in [3.8, 4) is 11.3 Å². The van der Waals surface area contributed by atoms with Crippen molar-refractivity contribution in [1.82, 2.24) is 0 Å². The number of fused-ring (bicyclic) bond motifs is 1. The van der Waals surface area contributed by atoms with Crippen molar-refractivity contribution >= 4 is 43.7 Å². The summed E-state index contributed by atoms with van der Waals surface area (Å²) in [5.41, 5.74) is 1.54. The number of carbonyl (C=O) groups excluding carboxylic acids is 1. The first-order valence-electron chi connectivity index (χ1n) is 10.2. The van der Waals surface area contributed by atoms with Gasteiger partial charge in [0.05, 0.1) is 12.3 Å². The van der Waals surface area contributed by atoms with Crippen molar-refractivity contribution in [3.05, 3.63) is 53.3 Å². The third-order valence-electron chi connectivity index (χ3n) is 5.24. The van der Waals surface area contributed by atoms with Crippen LogP contribution in [-0.2, 0) is 25.8 Å². The lowest BCUT2D eigenvalue weighted by Crippen LogP contribution is -2.31. The number of rotatable bonds is 8. The number of anilines is 1. The maximum absolute atomic E-state index is 13.5. The van der Waals surface area contributed by atoms with Gasteiger partial charge in [0, 0.05) is 34.5 Å². The maximum Gasteiger partial charge on any atom is 0.342 e. The number of hydrogen-bond donors (Lipinski definition) is 0. The molecule has 0 bridgehead atoms. The van der Waals surface area contributed by atoms with Gasteiger partial charge in [-0.2, -0.15) is 0 Å². The Balaban J connectivity index is 1.98. The highest BCUT2D eigenvalue weighted by Crippen LogP contribution is 2.48. The van der Waals surface area contributed by atoms with Gasteiger partial charge in [0.1, 0.15) is 28.6 Å². The van der Waals surface area contributed by atoms with Gasteiger partial charge >= 0.3 is 5.97 Å². The molecule has 176 valence electrons. The fourth-order valence-electron chi connectivity index (χ4n) is 3.70. The van der Waals surface area contributed by atoms with E-state index in [-0.39, 0.29) is 35.1 Å². The summed E-state index contributed by atoms with van der Waals surface area (Å²) in [5, 5.41) is 0.411. The van der Waals surface area contributed by atoms with E-state index in [1.54, 1.807) is 13.0 Å². The van der Waals surface area contributed by atoms with E-state index < -0.39 is 38.8 Å². The van der Waals surface area contributed by atoms with Crippen molar-refractivity contribution in [2.24, 2.45) is 0 Å². The fraction of sp³-hybridized carbons (Fsp3) is 0.318. The highest BCUT2D eigenvalue weighted by atomic mass is 32.2. The zero-order valence-electron chi connectivity index (χ0n) is 17.9. The Morgan fingerprint density at radius 1 is 1.27 bits per heavy atom. The van der Waals surface area contributed by atoms with Crippen LogP contribution in [0.2, 0.25) is 0 Å². The highest BCUT2D eigenvalue weighted by molar-refractivity contribution is 7.92. The number of hydrogen-bond acceptors (Lipinski definition) is 7. The van der Waals surface area contributed by atoms with E-state index in [4.69, 9.17) is 9.15 Å². The molecule has 0 radical (unpaired) electrons. The maximum atomic E-state index is 13.5. The van der Waals surface area contributed by atoms with Crippen LogP contribution in [-0.4, -0.2) is 41.9 Å². The van der Waals surface area contributed by atoms with Crippen molar-refractivity contribution in [2.75, 3.05) is 23.0 Å². The first kappa shape index (κ1) is 23.4. The molecule has 1 heterocycles. The third-order valence-corrected chi connectivity index (χ3v) is 6.82. The van der Waals surface area contributed by atoms with Crippen LogP contribution in [0.1, 0.15) is 41.6 Å². The largest absolute Gasteiger partial charge is 0.755 e. The quantitative estimate of drug-likeness (QED) is 0.344. The van der Waals surface area contributed by atoms with Crippen molar-refractivity contribution in [2.45, 2.75) is 25.7 Å². The Kier molecular flexibility index (Phi) is 6.30. The summed E-state index contributed by atoms with van der Waals surface area (Å²) in [6, 6.07) is 8.47. The summed E-state index contributed by atoms with van der Waals surface area (Å²) >= 11 is -2.86. The molecule has 0 N–H and O–H groups in total. The summed E-state index contributed by atoms with van der Waals surface area (Å²) < 4.78 is 73.0. The topological polar surface area (TPSA) is 117 Å². The predicted octanol–water partition coefficient (Wildman–Crippen LogP) is 3.90. The molecule has 1 atom stereocenters. The Morgan fingerprint density at radius 3 is 2.48 bits per heavy atom. The van der Waals surface area contributed by atoms with Gasteiger partial charge in [-0.3, -0.25) is 8.51 Å². The fourth-order valence-corrected chi connectivity index (χ4v) is 5.51. The summed E-state index contributed by atoms with van der Waals surface area (Å²) in [6.45, 7) is 1.79. The molecule has 11 heteroatoms. The Hall–Kier alpha value is -2.76. The van der Waals surface area contributed by atoms with Crippen LogP contribution in [0.3, 0.4) is 0 Å². The van der Waals surface area contributed by atoms with E-state index in [1.165, 1.54) is 30.3 Å². The molecular formula is C22H21FNO7S2-. The number of ether oxygens (including phenoxy) is 1. The van der Waals surface area contributed by atoms with Crippen LogP contribution >= 0.6 is 0 Å². The number of esters is 1. The van der Waals surface area contributed by atoms with Gasteiger partial charge in [0.25, 0.3) is 0 Å². The van der Waals surface area contributed by atoms with Crippen LogP contribution < -0.4 is 4.31 Å². The number of halogens is 1. The minimum Gasteiger partial charge on any atom is -0.755 e. The van der Waals surface area contributed by atoms with E-state index in [2.05, 4.69) is 0 Å². The van der Waals surface area contributed by atoms with Crippen LogP contribution in [0, 0.1) is 5.82 Å². The molecule has 1 fully saturated rings. The molecular weight excluding hydrogens is 473 g/mol. The van der Waals surface area contributed by atoms with Crippen LogP contribution in [0.5, 0.6) is 0 Å². The van der Waals surface area contributed by atoms with E-state index in [9.17, 15) is 26.4 Å². The minimum atomic E-state index is -3.67. The smallest absolute Gasteiger partial charge is 0.342 e. The SMILES string of the molecule is CCOC(=O)c1c(-c2ccc(F)cc2)oc2cc(N(CS(C)(=O)=O)S(=O)[O-])c(C3CC3)cc12. The van der Waals surface area contributed by atoms with E-state index in [0.717, 1.165) is 23.4 Å². The first-order chi connectivity index (χ1) is 15.6. The number of sulfone groups is 1. The van der Waals surface area contributed by atoms with Crippen molar-refractivity contribution in [3.63, 3.8) is 0 Å². The van der Waals surface area contributed by atoms with Gasteiger partial charge in [0.15, 0.2) is 9.84 Å². The molecule has 1 aromatic heterocycles. The second kappa shape index (κ2) is 8.88. The van der Waals surface area contributed by atoms with E-state index >= 15 is 0 Å². The lowest BCUT2D eigenvalue weighted by molar-refractivity contribution is 0.0528. The average Bonchev–Trinajstić information content (AvgIpc) is 3.51. The normalized spacial score (nSPS) is 14.9. The summed E-state index contributed by atoms with van der Waals surface area (Å²) in [6.07, 6.45) is 2.54. The van der Waals surface area contributed by atoms with Crippen LogP contribution in [0.25, 0.3) is 22.3 Å². The monoisotopic (exact) mass is 494 g/mol. The van der Waals surface area contributed by atoms with Crippen molar-refractivity contribution in [1.29, 1.82) is 0 Å². The molecule has 1 unspecified atom stereocenters. The van der Waals surface area contributed by atoms with Gasteiger partial charge in [-0.1, -0.05) is 0 Å². The van der Waals surface area contributed by atoms with E-state index in [1.807, 2.05) is 0 Å². The van der Waals surface area contributed by atoms with Gasteiger partial charge in [0.2, 0.25) is 0 Å². The lowest BCUT2D eigenvalue weighted by Gasteiger charge is -2.27. The van der Waals surface area contributed by atoms with Gasteiger partial charge in [-0.15, -0.1) is 0 Å². The second-order valence-electron chi connectivity index (χ2n) is 7.87.